The van der Waals surface area contributed by atoms with E-state index in [9.17, 15) is 9.59 Å². The summed E-state index contributed by atoms with van der Waals surface area (Å²) < 4.78 is 4.69. The number of aromatic carboxylic acids is 1. The van der Waals surface area contributed by atoms with Crippen molar-refractivity contribution in [3.63, 3.8) is 0 Å². The van der Waals surface area contributed by atoms with Crippen LogP contribution in [0.25, 0.3) is 0 Å². The van der Waals surface area contributed by atoms with Crippen LogP contribution in [0.4, 0.5) is 0 Å². The van der Waals surface area contributed by atoms with Crippen LogP contribution < -0.4 is 0 Å². The Kier molecular flexibility index (Phi) is 5.33. The molecule has 82 valence electrons. The molecule has 0 radical (unpaired) electrons. The zero-order valence-corrected chi connectivity index (χ0v) is 8.78. The molecule has 0 atom stereocenters. The van der Waals surface area contributed by atoms with Crippen molar-refractivity contribution in [3.05, 3.63) is 29.6 Å². The average molecular weight is 232 g/mol. The lowest BCUT2D eigenvalue weighted by molar-refractivity contribution is 0.0526. The van der Waals surface area contributed by atoms with Gasteiger partial charge in [-0.15, -0.1) is 12.4 Å². The fraction of sp³-hybridized carbons (Fsp3) is 0.222. The predicted molar refractivity (Wildman–Crippen MR) is 54.4 cm³/mol. The van der Waals surface area contributed by atoms with E-state index in [0.717, 1.165) is 0 Å². The Bertz CT molecular complexity index is 367. The number of ether oxygens (including phenoxy) is 1. The maximum Gasteiger partial charge on any atom is 0.339 e. The highest BCUT2D eigenvalue weighted by molar-refractivity contribution is 5.93. The van der Waals surface area contributed by atoms with Crippen LogP contribution in [-0.4, -0.2) is 28.6 Å². The van der Waals surface area contributed by atoms with Crippen molar-refractivity contribution in [2.45, 2.75) is 6.92 Å². The van der Waals surface area contributed by atoms with Gasteiger partial charge in [0, 0.05) is 12.4 Å². The number of hydrogen-bond donors (Lipinski definition) is 1. The quantitative estimate of drug-likeness (QED) is 0.796. The standard InChI is InChI=1S/C9H9NO4.ClH/c1-2-14-9(13)7-3-6(8(11)12)4-10-5-7;/h3-5H,2H2,1H3,(H,11,12);1H. The van der Waals surface area contributed by atoms with Gasteiger partial charge in [-0.2, -0.15) is 0 Å². The molecule has 1 aromatic rings. The van der Waals surface area contributed by atoms with Gasteiger partial charge in [0.2, 0.25) is 0 Å². The Balaban J connectivity index is 0.00000196. The SMILES string of the molecule is CCOC(=O)c1cncc(C(=O)O)c1.Cl. The zero-order valence-electron chi connectivity index (χ0n) is 7.97. The molecule has 0 bridgehead atoms. The molecule has 1 rings (SSSR count). The van der Waals surface area contributed by atoms with Crippen molar-refractivity contribution in [2.24, 2.45) is 0 Å². The second-order valence-electron chi connectivity index (χ2n) is 2.49. The molecule has 0 aliphatic carbocycles. The summed E-state index contributed by atoms with van der Waals surface area (Å²) in [7, 11) is 0. The summed E-state index contributed by atoms with van der Waals surface area (Å²) in [6.07, 6.45) is 2.44. The summed E-state index contributed by atoms with van der Waals surface area (Å²) in [6, 6.07) is 1.23. The monoisotopic (exact) mass is 231 g/mol. The van der Waals surface area contributed by atoms with Crippen molar-refractivity contribution in [3.8, 4) is 0 Å². The molecule has 0 saturated heterocycles. The molecule has 0 unspecified atom stereocenters. The van der Waals surface area contributed by atoms with E-state index in [4.69, 9.17) is 9.84 Å². The Hall–Kier alpha value is -1.62. The lowest BCUT2D eigenvalue weighted by Crippen LogP contribution is -2.07. The summed E-state index contributed by atoms with van der Waals surface area (Å²) in [6.45, 7) is 1.92. The van der Waals surface area contributed by atoms with Gasteiger partial charge in [-0.05, 0) is 13.0 Å². The highest BCUT2D eigenvalue weighted by Crippen LogP contribution is 2.04. The Labute approximate surface area is 92.5 Å². The van der Waals surface area contributed by atoms with Gasteiger partial charge in [0.25, 0.3) is 0 Å². The van der Waals surface area contributed by atoms with E-state index < -0.39 is 11.9 Å². The van der Waals surface area contributed by atoms with Gasteiger partial charge in [0.15, 0.2) is 0 Å². The normalized spacial score (nSPS) is 8.87. The van der Waals surface area contributed by atoms with Crippen LogP contribution in [0.3, 0.4) is 0 Å². The second-order valence-corrected chi connectivity index (χ2v) is 2.49. The molecular formula is C9H10ClNO4. The largest absolute Gasteiger partial charge is 0.478 e. The number of rotatable bonds is 3. The van der Waals surface area contributed by atoms with E-state index in [1.807, 2.05) is 0 Å². The number of carbonyl (C=O) groups excluding carboxylic acids is 1. The maximum atomic E-state index is 11.2. The van der Waals surface area contributed by atoms with E-state index in [2.05, 4.69) is 4.98 Å². The Morgan fingerprint density at radius 2 is 2.00 bits per heavy atom. The first-order chi connectivity index (χ1) is 6.65. The fourth-order valence-electron chi connectivity index (χ4n) is 0.883. The van der Waals surface area contributed by atoms with Gasteiger partial charge in [-0.1, -0.05) is 0 Å². The molecule has 1 heterocycles. The molecule has 1 aromatic heterocycles. The molecule has 0 saturated carbocycles. The van der Waals surface area contributed by atoms with Crippen LogP contribution in [0.1, 0.15) is 27.6 Å². The average Bonchev–Trinajstić information content (AvgIpc) is 2.18. The first-order valence-electron chi connectivity index (χ1n) is 4.00. The smallest absolute Gasteiger partial charge is 0.339 e. The minimum atomic E-state index is -1.12. The van der Waals surface area contributed by atoms with Crippen LogP contribution in [-0.2, 0) is 4.74 Å². The molecule has 15 heavy (non-hydrogen) atoms. The van der Waals surface area contributed by atoms with Crippen molar-refractivity contribution in [2.75, 3.05) is 6.61 Å². The second kappa shape index (κ2) is 5.98. The number of halogens is 1. The molecule has 0 amide bonds. The lowest BCUT2D eigenvalue weighted by atomic mass is 10.2. The lowest BCUT2D eigenvalue weighted by Gasteiger charge is -2.01. The molecular weight excluding hydrogens is 222 g/mol. The third-order valence-corrected chi connectivity index (χ3v) is 1.50. The van der Waals surface area contributed by atoms with Crippen LogP contribution in [0.5, 0.6) is 0 Å². The van der Waals surface area contributed by atoms with Crippen LogP contribution >= 0.6 is 12.4 Å². The van der Waals surface area contributed by atoms with E-state index in [1.165, 1.54) is 18.5 Å². The number of carboxylic acids is 1. The minimum absolute atomic E-state index is 0. The Morgan fingerprint density at radius 1 is 1.40 bits per heavy atom. The van der Waals surface area contributed by atoms with E-state index in [-0.39, 0.29) is 30.1 Å². The molecule has 0 aliphatic heterocycles. The number of nitrogens with zero attached hydrogens (tertiary/aromatic N) is 1. The van der Waals surface area contributed by atoms with Crippen molar-refractivity contribution in [1.29, 1.82) is 0 Å². The molecule has 5 nitrogen and oxygen atoms in total. The number of esters is 1. The topological polar surface area (TPSA) is 76.5 Å². The van der Waals surface area contributed by atoms with Gasteiger partial charge in [-0.25, -0.2) is 9.59 Å². The highest BCUT2D eigenvalue weighted by atomic mass is 35.5. The van der Waals surface area contributed by atoms with E-state index >= 15 is 0 Å². The molecule has 0 aliphatic rings. The first kappa shape index (κ1) is 13.4. The predicted octanol–water partition coefficient (Wildman–Crippen LogP) is 1.38. The third kappa shape index (κ3) is 3.55. The van der Waals surface area contributed by atoms with Crippen molar-refractivity contribution in [1.82, 2.24) is 4.98 Å². The van der Waals surface area contributed by atoms with Gasteiger partial charge < -0.3 is 9.84 Å². The molecule has 0 fully saturated rings. The summed E-state index contributed by atoms with van der Waals surface area (Å²) in [5.74, 6) is -1.69. The van der Waals surface area contributed by atoms with Crippen LogP contribution in [0, 0.1) is 0 Å². The summed E-state index contributed by atoms with van der Waals surface area (Å²) in [4.78, 5) is 25.3. The van der Waals surface area contributed by atoms with Crippen molar-refractivity contribution < 1.29 is 19.4 Å². The van der Waals surface area contributed by atoms with Crippen LogP contribution in [0.15, 0.2) is 18.5 Å². The third-order valence-electron chi connectivity index (χ3n) is 1.50. The van der Waals surface area contributed by atoms with Gasteiger partial charge in [0.1, 0.15) is 0 Å². The summed E-state index contributed by atoms with van der Waals surface area (Å²) in [5, 5.41) is 8.63. The van der Waals surface area contributed by atoms with Gasteiger partial charge >= 0.3 is 11.9 Å². The number of carbonyl (C=O) groups is 2. The van der Waals surface area contributed by atoms with Crippen molar-refractivity contribution >= 4 is 24.3 Å². The zero-order chi connectivity index (χ0) is 10.6. The molecule has 1 N–H and O–H groups in total. The summed E-state index contributed by atoms with van der Waals surface area (Å²) >= 11 is 0. The van der Waals surface area contributed by atoms with Crippen LogP contribution in [0.2, 0.25) is 0 Å². The number of carboxylic acid groups (broad SMARTS) is 1. The molecule has 0 aromatic carbocycles. The van der Waals surface area contributed by atoms with Gasteiger partial charge in [-0.3, -0.25) is 4.98 Å². The van der Waals surface area contributed by atoms with E-state index in [1.54, 1.807) is 6.92 Å². The summed E-state index contributed by atoms with van der Waals surface area (Å²) in [5.41, 5.74) is 0.113. The Morgan fingerprint density at radius 3 is 2.53 bits per heavy atom. The number of hydrogen-bond acceptors (Lipinski definition) is 4. The molecule has 0 spiro atoms. The first-order valence-corrected chi connectivity index (χ1v) is 4.00. The number of pyridine rings is 1. The minimum Gasteiger partial charge on any atom is -0.478 e. The maximum absolute atomic E-state index is 11.2. The van der Waals surface area contributed by atoms with Gasteiger partial charge in [0.05, 0.1) is 17.7 Å². The molecule has 6 heteroatoms. The highest BCUT2D eigenvalue weighted by Gasteiger charge is 2.10. The van der Waals surface area contributed by atoms with E-state index in [0.29, 0.717) is 0 Å². The number of aromatic nitrogens is 1. The fourth-order valence-corrected chi connectivity index (χ4v) is 0.883.